The van der Waals surface area contributed by atoms with Gasteiger partial charge < -0.3 is 24.3 Å². The molecule has 2 aromatic rings. The van der Waals surface area contributed by atoms with E-state index in [2.05, 4.69) is 14.8 Å². The molecule has 0 spiro atoms. The molecule has 0 unspecified atom stereocenters. The Morgan fingerprint density at radius 2 is 1.26 bits per heavy atom. The summed E-state index contributed by atoms with van der Waals surface area (Å²) in [4.78, 5) is 36.2. The van der Waals surface area contributed by atoms with Gasteiger partial charge in [-0.05, 0) is 36.4 Å². The van der Waals surface area contributed by atoms with Crippen molar-refractivity contribution in [2.24, 2.45) is 0 Å². The molecule has 0 fully saturated rings. The summed E-state index contributed by atoms with van der Waals surface area (Å²) in [5.41, 5.74) is 0.736. The minimum Gasteiger partial charge on any atom is -0.493 e. The van der Waals surface area contributed by atoms with Gasteiger partial charge in [0.15, 0.2) is 11.5 Å². The van der Waals surface area contributed by atoms with E-state index in [0.717, 1.165) is 0 Å². The molecule has 0 saturated heterocycles. The van der Waals surface area contributed by atoms with E-state index in [0.29, 0.717) is 17.1 Å². The van der Waals surface area contributed by atoms with Gasteiger partial charge >= 0.3 is 11.9 Å². The fourth-order valence-corrected chi connectivity index (χ4v) is 2.35. The van der Waals surface area contributed by atoms with Crippen molar-refractivity contribution in [3.05, 3.63) is 53.1 Å². The number of benzene rings is 2. The highest BCUT2D eigenvalue weighted by atomic mass is 16.5. The van der Waals surface area contributed by atoms with Crippen LogP contribution in [-0.2, 0) is 9.47 Å². The van der Waals surface area contributed by atoms with Gasteiger partial charge in [0.1, 0.15) is 0 Å². The summed E-state index contributed by atoms with van der Waals surface area (Å²) in [7, 11) is 5.39. The highest BCUT2D eigenvalue weighted by Crippen LogP contribution is 2.28. The Morgan fingerprint density at radius 1 is 0.704 bits per heavy atom. The Kier molecular flexibility index (Phi) is 6.37. The van der Waals surface area contributed by atoms with Crippen LogP contribution in [0.1, 0.15) is 31.1 Å². The third-order valence-electron chi connectivity index (χ3n) is 3.68. The van der Waals surface area contributed by atoms with E-state index in [-0.39, 0.29) is 16.8 Å². The van der Waals surface area contributed by atoms with Crippen molar-refractivity contribution >= 4 is 23.5 Å². The van der Waals surface area contributed by atoms with Gasteiger partial charge in [0.2, 0.25) is 0 Å². The average Bonchev–Trinajstić information content (AvgIpc) is 2.71. The number of hydrogen-bond acceptors (Lipinski definition) is 7. The Hall–Kier alpha value is -3.55. The Morgan fingerprint density at radius 3 is 1.74 bits per heavy atom. The SMILES string of the molecule is COC(=O)c1cc(NC(=O)c2ccc(OC)c(OC)c2)cc(C(=O)OC)c1. The van der Waals surface area contributed by atoms with Gasteiger partial charge in [-0.25, -0.2) is 9.59 Å². The van der Waals surface area contributed by atoms with Crippen molar-refractivity contribution in [1.29, 1.82) is 0 Å². The molecule has 0 radical (unpaired) electrons. The monoisotopic (exact) mass is 373 g/mol. The molecular weight excluding hydrogens is 354 g/mol. The summed E-state index contributed by atoms with van der Waals surface area (Å²) < 4.78 is 19.7. The smallest absolute Gasteiger partial charge is 0.337 e. The van der Waals surface area contributed by atoms with E-state index in [9.17, 15) is 14.4 Å². The number of amides is 1. The van der Waals surface area contributed by atoms with E-state index in [1.165, 1.54) is 52.7 Å². The van der Waals surface area contributed by atoms with Crippen LogP contribution in [0, 0.1) is 0 Å². The summed E-state index contributed by atoms with van der Waals surface area (Å²) in [6, 6.07) is 8.79. The van der Waals surface area contributed by atoms with Crippen LogP contribution in [0.25, 0.3) is 0 Å². The zero-order valence-electron chi connectivity index (χ0n) is 15.3. The molecule has 0 atom stereocenters. The summed E-state index contributed by atoms with van der Waals surface area (Å²) in [5, 5.41) is 2.63. The number of hydrogen-bond donors (Lipinski definition) is 1. The van der Waals surface area contributed by atoms with Gasteiger partial charge in [-0.1, -0.05) is 0 Å². The minimum atomic E-state index is -0.651. The predicted octanol–water partition coefficient (Wildman–Crippen LogP) is 2.53. The summed E-state index contributed by atoms with van der Waals surface area (Å²) >= 11 is 0. The zero-order valence-corrected chi connectivity index (χ0v) is 15.3. The zero-order chi connectivity index (χ0) is 20.0. The molecule has 0 heterocycles. The fourth-order valence-electron chi connectivity index (χ4n) is 2.35. The van der Waals surface area contributed by atoms with Gasteiger partial charge in [0, 0.05) is 11.3 Å². The molecule has 0 aliphatic heterocycles. The number of carbonyl (C=O) groups is 3. The average molecular weight is 373 g/mol. The lowest BCUT2D eigenvalue weighted by Gasteiger charge is -2.11. The van der Waals surface area contributed by atoms with Crippen molar-refractivity contribution < 1.29 is 33.3 Å². The van der Waals surface area contributed by atoms with E-state index >= 15 is 0 Å². The quantitative estimate of drug-likeness (QED) is 0.777. The molecule has 2 rings (SSSR count). The summed E-state index contributed by atoms with van der Waals surface area (Å²) in [6.07, 6.45) is 0. The third kappa shape index (κ3) is 4.55. The van der Waals surface area contributed by atoms with Crippen LogP contribution in [0.4, 0.5) is 5.69 Å². The fraction of sp³-hybridized carbons (Fsp3) is 0.211. The number of methoxy groups -OCH3 is 4. The van der Waals surface area contributed by atoms with Crippen LogP contribution >= 0.6 is 0 Å². The summed E-state index contributed by atoms with van der Waals surface area (Å²) in [5.74, 6) is -0.892. The van der Waals surface area contributed by atoms with Crippen LogP contribution in [-0.4, -0.2) is 46.3 Å². The highest BCUT2D eigenvalue weighted by Gasteiger charge is 2.16. The lowest BCUT2D eigenvalue weighted by atomic mass is 10.1. The van der Waals surface area contributed by atoms with E-state index in [4.69, 9.17) is 9.47 Å². The molecule has 8 heteroatoms. The molecule has 2 aromatic carbocycles. The number of esters is 2. The molecule has 8 nitrogen and oxygen atoms in total. The molecule has 0 aliphatic carbocycles. The normalized spacial score (nSPS) is 9.93. The highest BCUT2D eigenvalue weighted by molar-refractivity contribution is 6.06. The molecule has 0 bridgehead atoms. The van der Waals surface area contributed by atoms with Gasteiger partial charge in [-0.2, -0.15) is 0 Å². The van der Waals surface area contributed by atoms with Gasteiger partial charge in [0.05, 0.1) is 39.6 Å². The van der Waals surface area contributed by atoms with Crippen LogP contribution in [0.3, 0.4) is 0 Å². The van der Waals surface area contributed by atoms with Crippen molar-refractivity contribution in [3.63, 3.8) is 0 Å². The maximum atomic E-state index is 12.5. The Labute approximate surface area is 156 Å². The first kappa shape index (κ1) is 19.8. The Balaban J connectivity index is 2.36. The van der Waals surface area contributed by atoms with Crippen molar-refractivity contribution in [2.45, 2.75) is 0 Å². The number of ether oxygens (including phenoxy) is 4. The van der Waals surface area contributed by atoms with Crippen molar-refractivity contribution in [1.82, 2.24) is 0 Å². The van der Waals surface area contributed by atoms with Crippen molar-refractivity contribution in [2.75, 3.05) is 33.8 Å². The summed E-state index contributed by atoms with van der Waals surface area (Å²) in [6.45, 7) is 0. The van der Waals surface area contributed by atoms with Crippen LogP contribution < -0.4 is 14.8 Å². The molecule has 27 heavy (non-hydrogen) atoms. The molecule has 0 aromatic heterocycles. The Bertz CT molecular complexity index is 842. The predicted molar refractivity (Wildman–Crippen MR) is 96.6 cm³/mol. The second kappa shape index (κ2) is 8.70. The first-order chi connectivity index (χ1) is 12.9. The van der Waals surface area contributed by atoms with Gasteiger partial charge in [0.25, 0.3) is 5.91 Å². The molecule has 142 valence electrons. The van der Waals surface area contributed by atoms with Crippen LogP contribution in [0.5, 0.6) is 11.5 Å². The molecular formula is C19H19NO7. The van der Waals surface area contributed by atoms with E-state index < -0.39 is 17.8 Å². The largest absolute Gasteiger partial charge is 0.493 e. The van der Waals surface area contributed by atoms with Gasteiger partial charge in [-0.15, -0.1) is 0 Å². The number of nitrogens with one attached hydrogen (secondary N) is 1. The molecule has 1 N–H and O–H groups in total. The standard InChI is InChI=1S/C19H19NO7/c1-24-15-6-5-11(10-16(15)25-2)17(21)20-14-8-12(18(22)26-3)7-13(9-14)19(23)27-4/h5-10H,1-4H3,(H,20,21). The van der Waals surface area contributed by atoms with Crippen LogP contribution in [0.2, 0.25) is 0 Å². The minimum absolute atomic E-state index is 0.100. The topological polar surface area (TPSA) is 100 Å². The number of carbonyl (C=O) groups excluding carboxylic acids is 3. The first-order valence-electron chi connectivity index (χ1n) is 7.78. The lowest BCUT2D eigenvalue weighted by Crippen LogP contribution is -2.14. The van der Waals surface area contributed by atoms with E-state index in [1.807, 2.05) is 0 Å². The second-order valence-corrected chi connectivity index (χ2v) is 5.31. The van der Waals surface area contributed by atoms with Gasteiger partial charge in [-0.3, -0.25) is 4.79 Å². The number of rotatable bonds is 6. The van der Waals surface area contributed by atoms with Crippen molar-refractivity contribution in [3.8, 4) is 11.5 Å². The molecule has 1 amide bonds. The molecule has 0 aliphatic rings. The van der Waals surface area contributed by atoms with E-state index in [1.54, 1.807) is 12.1 Å². The number of anilines is 1. The maximum absolute atomic E-state index is 12.5. The first-order valence-corrected chi connectivity index (χ1v) is 7.78. The third-order valence-corrected chi connectivity index (χ3v) is 3.68. The van der Waals surface area contributed by atoms with Crippen LogP contribution in [0.15, 0.2) is 36.4 Å². The lowest BCUT2D eigenvalue weighted by molar-refractivity contribution is 0.0599. The second-order valence-electron chi connectivity index (χ2n) is 5.31. The molecule has 0 saturated carbocycles. The maximum Gasteiger partial charge on any atom is 0.337 e.